The predicted molar refractivity (Wildman–Crippen MR) is 84.7 cm³/mol. The summed E-state index contributed by atoms with van der Waals surface area (Å²) in [5.41, 5.74) is 2.60. The fourth-order valence-corrected chi connectivity index (χ4v) is 2.22. The van der Waals surface area contributed by atoms with Crippen LogP contribution in [0, 0.1) is 6.92 Å². The number of benzene rings is 2. The molecule has 0 fully saturated rings. The van der Waals surface area contributed by atoms with E-state index < -0.39 is 5.97 Å². The molecule has 2 aromatic rings. The van der Waals surface area contributed by atoms with Crippen molar-refractivity contribution in [3.63, 3.8) is 0 Å². The third-order valence-corrected chi connectivity index (χ3v) is 3.47. The molecule has 0 spiro atoms. The van der Waals surface area contributed by atoms with E-state index in [4.69, 9.17) is 5.11 Å². The van der Waals surface area contributed by atoms with Crippen LogP contribution in [0.1, 0.15) is 40.4 Å². The van der Waals surface area contributed by atoms with Crippen molar-refractivity contribution in [1.29, 1.82) is 0 Å². The van der Waals surface area contributed by atoms with Gasteiger partial charge in [0.25, 0.3) is 5.91 Å². The van der Waals surface area contributed by atoms with Gasteiger partial charge in [0.2, 0.25) is 0 Å². The second-order valence-corrected chi connectivity index (χ2v) is 5.24. The van der Waals surface area contributed by atoms with Gasteiger partial charge in [-0.1, -0.05) is 48.0 Å². The standard InChI is InChI=1S/C18H19NO3/c1-13-7-9-14(10-8-13)16(11-12-17(20)21)19-18(22)15-5-3-2-4-6-15/h2-10,16H,11-12H2,1H3,(H,19,22)(H,20,21)/t16-/m1/s1. The minimum absolute atomic E-state index is 0.00755. The van der Waals surface area contributed by atoms with Crippen LogP contribution >= 0.6 is 0 Å². The number of nitrogens with one attached hydrogen (secondary N) is 1. The summed E-state index contributed by atoms with van der Waals surface area (Å²) < 4.78 is 0. The molecule has 0 saturated carbocycles. The number of carbonyl (C=O) groups is 2. The van der Waals surface area contributed by atoms with Crippen molar-refractivity contribution in [3.8, 4) is 0 Å². The zero-order valence-corrected chi connectivity index (χ0v) is 12.5. The molecule has 0 radical (unpaired) electrons. The van der Waals surface area contributed by atoms with Crippen molar-refractivity contribution in [2.75, 3.05) is 0 Å². The number of carbonyl (C=O) groups excluding carboxylic acids is 1. The Morgan fingerprint density at radius 2 is 1.68 bits per heavy atom. The fourth-order valence-electron chi connectivity index (χ4n) is 2.22. The van der Waals surface area contributed by atoms with Gasteiger partial charge >= 0.3 is 5.97 Å². The zero-order chi connectivity index (χ0) is 15.9. The lowest BCUT2D eigenvalue weighted by Crippen LogP contribution is -2.29. The average molecular weight is 297 g/mol. The van der Waals surface area contributed by atoms with Gasteiger partial charge in [-0.3, -0.25) is 9.59 Å². The van der Waals surface area contributed by atoms with Crippen LogP contribution in [0.25, 0.3) is 0 Å². The fraction of sp³-hybridized carbons (Fsp3) is 0.222. The average Bonchev–Trinajstić information content (AvgIpc) is 2.53. The van der Waals surface area contributed by atoms with Gasteiger partial charge in [0.1, 0.15) is 0 Å². The SMILES string of the molecule is Cc1ccc([C@@H](CCC(=O)O)NC(=O)c2ccccc2)cc1. The lowest BCUT2D eigenvalue weighted by molar-refractivity contribution is -0.137. The van der Waals surface area contributed by atoms with E-state index in [1.807, 2.05) is 37.3 Å². The maximum Gasteiger partial charge on any atom is 0.303 e. The van der Waals surface area contributed by atoms with Gasteiger partial charge in [0.15, 0.2) is 0 Å². The maximum absolute atomic E-state index is 12.3. The first-order chi connectivity index (χ1) is 10.6. The number of aryl methyl sites for hydroxylation is 1. The number of carboxylic acid groups (broad SMARTS) is 1. The van der Waals surface area contributed by atoms with Crippen molar-refractivity contribution >= 4 is 11.9 Å². The van der Waals surface area contributed by atoms with Crippen molar-refractivity contribution in [2.45, 2.75) is 25.8 Å². The number of carboxylic acids is 1. The molecule has 1 atom stereocenters. The first-order valence-corrected chi connectivity index (χ1v) is 7.20. The van der Waals surface area contributed by atoms with E-state index in [0.29, 0.717) is 12.0 Å². The number of hydrogen-bond acceptors (Lipinski definition) is 2. The predicted octanol–water partition coefficient (Wildman–Crippen LogP) is 3.33. The van der Waals surface area contributed by atoms with Crippen LogP contribution in [-0.4, -0.2) is 17.0 Å². The van der Waals surface area contributed by atoms with E-state index >= 15 is 0 Å². The second kappa shape index (κ2) is 7.41. The van der Waals surface area contributed by atoms with Gasteiger partial charge in [0, 0.05) is 12.0 Å². The summed E-state index contributed by atoms with van der Waals surface area (Å²) in [6.45, 7) is 1.98. The molecule has 4 heteroatoms. The molecule has 114 valence electrons. The molecular weight excluding hydrogens is 278 g/mol. The monoisotopic (exact) mass is 297 g/mol. The normalized spacial score (nSPS) is 11.7. The van der Waals surface area contributed by atoms with E-state index in [-0.39, 0.29) is 18.4 Å². The van der Waals surface area contributed by atoms with E-state index in [1.165, 1.54) is 0 Å². The molecule has 0 aromatic heterocycles. The lowest BCUT2D eigenvalue weighted by atomic mass is 10.00. The summed E-state index contributed by atoms with van der Waals surface area (Å²) in [4.78, 5) is 23.1. The summed E-state index contributed by atoms with van der Waals surface area (Å²) in [5, 5.41) is 11.8. The minimum atomic E-state index is -0.869. The first-order valence-electron chi connectivity index (χ1n) is 7.20. The highest BCUT2D eigenvalue weighted by Crippen LogP contribution is 2.20. The zero-order valence-electron chi connectivity index (χ0n) is 12.5. The largest absolute Gasteiger partial charge is 0.481 e. The number of rotatable bonds is 6. The van der Waals surface area contributed by atoms with Crippen molar-refractivity contribution in [3.05, 3.63) is 71.3 Å². The molecule has 0 bridgehead atoms. The molecule has 0 heterocycles. The maximum atomic E-state index is 12.3. The van der Waals surface area contributed by atoms with Gasteiger partial charge in [-0.15, -0.1) is 0 Å². The molecule has 2 N–H and O–H groups in total. The Labute approximate surface area is 129 Å². The third-order valence-electron chi connectivity index (χ3n) is 3.47. The Morgan fingerprint density at radius 3 is 2.27 bits per heavy atom. The van der Waals surface area contributed by atoms with Gasteiger partial charge in [-0.2, -0.15) is 0 Å². The quantitative estimate of drug-likeness (QED) is 0.859. The highest BCUT2D eigenvalue weighted by Gasteiger charge is 2.16. The van der Waals surface area contributed by atoms with Gasteiger partial charge in [-0.25, -0.2) is 0 Å². The van der Waals surface area contributed by atoms with E-state index in [2.05, 4.69) is 5.32 Å². The van der Waals surface area contributed by atoms with E-state index in [1.54, 1.807) is 24.3 Å². The molecule has 0 saturated heterocycles. The van der Waals surface area contributed by atoms with Crippen molar-refractivity contribution in [2.24, 2.45) is 0 Å². The topological polar surface area (TPSA) is 66.4 Å². The third kappa shape index (κ3) is 4.45. The molecule has 0 aliphatic carbocycles. The molecule has 0 aliphatic rings. The minimum Gasteiger partial charge on any atom is -0.481 e. The highest BCUT2D eigenvalue weighted by atomic mass is 16.4. The second-order valence-electron chi connectivity index (χ2n) is 5.24. The van der Waals surface area contributed by atoms with Gasteiger partial charge in [0.05, 0.1) is 6.04 Å². The molecule has 2 aromatic carbocycles. The van der Waals surface area contributed by atoms with E-state index in [0.717, 1.165) is 11.1 Å². The van der Waals surface area contributed by atoms with Gasteiger partial charge in [-0.05, 0) is 31.0 Å². The van der Waals surface area contributed by atoms with Crippen LogP contribution in [0.15, 0.2) is 54.6 Å². The van der Waals surface area contributed by atoms with Crippen LogP contribution in [0.2, 0.25) is 0 Å². The molecule has 22 heavy (non-hydrogen) atoms. The molecular formula is C18H19NO3. The Kier molecular flexibility index (Phi) is 5.31. The Balaban J connectivity index is 2.15. The Bertz CT molecular complexity index is 635. The number of hydrogen-bond donors (Lipinski definition) is 2. The van der Waals surface area contributed by atoms with Crippen LogP contribution in [0.3, 0.4) is 0 Å². The van der Waals surface area contributed by atoms with E-state index in [9.17, 15) is 9.59 Å². The van der Waals surface area contributed by atoms with Crippen molar-refractivity contribution < 1.29 is 14.7 Å². The van der Waals surface area contributed by atoms with Crippen LogP contribution in [0.4, 0.5) is 0 Å². The summed E-state index contributed by atoms with van der Waals surface area (Å²) >= 11 is 0. The summed E-state index contributed by atoms with van der Waals surface area (Å²) in [7, 11) is 0. The smallest absolute Gasteiger partial charge is 0.303 e. The molecule has 1 amide bonds. The van der Waals surface area contributed by atoms with Crippen LogP contribution in [0.5, 0.6) is 0 Å². The first kappa shape index (κ1) is 15.8. The highest BCUT2D eigenvalue weighted by molar-refractivity contribution is 5.94. The Hall–Kier alpha value is -2.62. The summed E-state index contributed by atoms with van der Waals surface area (Å²) in [6.07, 6.45) is 0.366. The molecule has 0 aliphatic heterocycles. The molecule has 4 nitrogen and oxygen atoms in total. The number of aliphatic carboxylic acids is 1. The number of amides is 1. The van der Waals surface area contributed by atoms with Gasteiger partial charge < -0.3 is 10.4 Å². The van der Waals surface area contributed by atoms with Crippen LogP contribution < -0.4 is 5.32 Å². The molecule has 2 rings (SSSR count). The lowest BCUT2D eigenvalue weighted by Gasteiger charge is -2.19. The van der Waals surface area contributed by atoms with Crippen LogP contribution in [-0.2, 0) is 4.79 Å². The Morgan fingerprint density at radius 1 is 1.05 bits per heavy atom. The summed E-state index contributed by atoms with van der Waals surface area (Å²) in [5.74, 6) is -1.07. The molecule has 0 unspecified atom stereocenters. The van der Waals surface area contributed by atoms with Crippen molar-refractivity contribution in [1.82, 2.24) is 5.32 Å². The summed E-state index contributed by atoms with van der Waals surface area (Å²) in [6, 6.07) is 16.4.